The van der Waals surface area contributed by atoms with Gasteiger partial charge in [0.15, 0.2) is 5.58 Å². The molecule has 6 heterocycles. The van der Waals surface area contributed by atoms with Gasteiger partial charge in [-0.15, -0.1) is 0 Å². The van der Waals surface area contributed by atoms with E-state index in [-0.39, 0.29) is 25.3 Å². The number of hydrogen-bond acceptors (Lipinski definition) is 5. The molecule has 0 saturated carbocycles. The summed E-state index contributed by atoms with van der Waals surface area (Å²) in [5.41, 5.74) is 33.7. The van der Waals surface area contributed by atoms with Crippen LogP contribution in [0.5, 0.6) is 11.5 Å². The predicted octanol–water partition coefficient (Wildman–Crippen LogP) is 22.1. The maximum atomic E-state index is 7.90. The van der Waals surface area contributed by atoms with Gasteiger partial charge >= 0.3 is 0 Å². The largest absolute Gasteiger partial charge is 0.458 e. The van der Waals surface area contributed by atoms with Gasteiger partial charge in [-0.1, -0.05) is 258 Å². The summed E-state index contributed by atoms with van der Waals surface area (Å²) in [5, 5.41) is 4.64. The zero-order valence-corrected chi connectivity index (χ0v) is 58.1. The maximum Gasteiger partial charge on any atom is 0.256 e. The Balaban J connectivity index is 0.879. The highest BCUT2D eigenvalue weighted by atomic mass is 16.5. The highest BCUT2D eigenvalue weighted by Gasteiger charge is 2.49. The monoisotopic (exact) mass is 1330 g/mol. The number of hydrogen-bond donors (Lipinski definition) is 0. The molecule has 104 heavy (non-hydrogen) atoms. The van der Waals surface area contributed by atoms with E-state index in [0.29, 0.717) is 0 Å². The van der Waals surface area contributed by atoms with Gasteiger partial charge < -0.3 is 28.4 Å². The highest BCUT2D eigenvalue weighted by molar-refractivity contribution is 7.02. The van der Waals surface area contributed by atoms with Crippen LogP contribution in [0.25, 0.3) is 93.9 Å². The number of aromatic nitrogens is 1. The summed E-state index contributed by atoms with van der Waals surface area (Å²) < 4.78 is 17.3. The lowest BCUT2D eigenvalue weighted by Gasteiger charge is -2.46. The number of fused-ring (bicyclic) bond motifs is 14. The van der Waals surface area contributed by atoms with Gasteiger partial charge in [-0.2, -0.15) is 0 Å². The van der Waals surface area contributed by atoms with Crippen LogP contribution in [0.2, 0.25) is 0 Å². The Morgan fingerprint density at radius 1 is 0.288 bits per heavy atom. The standard InChI is InChI=1S/C96H68B2N4O2/c1-59(2)67-52-87-93-88(53-67)102(95-71(65-32-22-30-63(50-65)61-26-8-5-9-27-61)39-24-40-72(95)66-33-23-31-64(51-66)62-28-10-6-11-29-62)86-58-91-80(57-79(86)97(93)78-49-48-70(56-85(78)99(87)69-34-12-7-13-35-69)100-81-43-18-14-36-73(81)74-37-15-19-44-82(74)100)98-77-42-17-20-45-83(77)101(89-54-68(60(3)4)55-92(103-91)94(89)98)84-46-25-41-76-75-38-16-21-47-90(75)104-96(76)84/h5-60H,1-4H3. The number of ether oxygens (including phenoxy) is 1. The van der Waals surface area contributed by atoms with Crippen molar-refractivity contribution in [2.75, 3.05) is 14.7 Å². The fourth-order valence-corrected chi connectivity index (χ4v) is 17.7. The average molecular weight is 1330 g/mol. The molecule has 2 aromatic heterocycles. The molecule has 0 N–H and O–H groups in total. The normalized spacial score (nSPS) is 13.2. The van der Waals surface area contributed by atoms with Gasteiger partial charge in [0.1, 0.15) is 17.1 Å². The lowest BCUT2D eigenvalue weighted by atomic mass is 9.30. The third-order valence-corrected chi connectivity index (χ3v) is 22.5. The van der Waals surface area contributed by atoms with Crippen molar-refractivity contribution >= 4 is 141 Å². The smallest absolute Gasteiger partial charge is 0.256 e. The van der Waals surface area contributed by atoms with E-state index in [1.807, 2.05) is 0 Å². The molecule has 6 nitrogen and oxygen atoms in total. The van der Waals surface area contributed by atoms with Gasteiger partial charge in [-0.25, -0.2) is 0 Å². The first-order chi connectivity index (χ1) is 51.3. The molecule has 8 heteroatoms. The highest BCUT2D eigenvalue weighted by Crippen LogP contribution is 2.54. The minimum Gasteiger partial charge on any atom is -0.458 e. The molecule has 15 aromatic carbocycles. The van der Waals surface area contributed by atoms with Crippen LogP contribution in [0.3, 0.4) is 0 Å². The Bertz CT molecular complexity index is 6240. The minimum atomic E-state index is -0.261. The summed E-state index contributed by atoms with van der Waals surface area (Å²) in [6, 6.07) is 122. The molecule has 17 aromatic rings. The van der Waals surface area contributed by atoms with Crippen molar-refractivity contribution in [2.24, 2.45) is 0 Å². The molecule has 4 aliphatic heterocycles. The number of nitrogens with zero attached hydrogens (tertiary/aromatic N) is 4. The van der Waals surface area contributed by atoms with E-state index in [1.165, 1.54) is 65.9 Å². The van der Waals surface area contributed by atoms with E-state index in [1.54, 1.807) is 0 Å². The zero-order valence-electron chi connectivity index (χ0n) is 58.1. The van der Waals surface area contributed by atoms with Crippen molar-refractivity contribution in [2.45, 2.75) is 39.5 Å². The summed E-state index contributed by atoms with van der Waals surface area (Å²) in [4.78, 5) is 7.72. The molecule has 0 unspecified atom stereocenters. The van der Waals surface area contributed by atoms with Crippen molar-refractivity contribution in [3.63, 3.8) is 0 Å². The van der Waals surface area contributed by atoms with Crippen LogP contribution in [0.4, 0.5) is 51.2 Å². The van der Waals surface area contributed by atoms with Gasteiger partial charge in [0.25, 0.3) is 13.4 Å². The van der Waals surface area contributed by atoms with Gasteiger partial charge in [0, 0.05) is 84.2 Å². The topological polar surface area (TPSA) is 37.0 Å². The summed E-state index contributed by atoms with van der Waals surface area (Å²) in [7, 11) is 0. The Morgan fingerprint density at radius 3 is 1.46 bits per heavy atom. The number of para-hydroxylation sites is 7. The first-order valence-electron chi connectivity index (χ1n) is 36.5. The van der Waals surface area contributed by atoms with Crippen LogP contribution in [-0.4, -0.2) is 18.0 Å². The van der Waals surface area contributed by atoms with E-state index in [2.05, 4.69) is 375 Å². The van der Waals surface area contributed by atoms with E-state index in [4.69, 9.17) is 9.15 Å². The molecule has 0 aliphatic carbocycles. The summed E-state index contributed by atoms with van der Waals surface area (Å²) >= 11 is 0. The fourth-order valence-electron chi connectivity index (χ4n) is 17.7. The Hall–Kier alpha value is -12.8. The van der Waals surface area contributed by atoms with Crippen LogP contribution >= 0.6 is 0 Å². The van der Waals surface area contributed by atoms with Crippen molar-refractivity contribution in [1.82, 2.24) is 4.57 Å². The molecule has 0 bridgehead atoms. The summed E-state index contributed by atoms with van der Waals surface area (Å²) in [5.74, 6) is 2.04. The number of furan rings is 1. The van der Waals surface area contributed by atoms with E-state index in [0.717, 1.165) is 135 Å². The van der Waals surface area contributed by atoms with Crippen LogP contribution in [0, 0.1) is 0 Å². The van der Waals surface area contributed by atoms with Crippen LogP contribution < -0.4 is 52.2 Å². The average Bonchev–Trinajstić information content (AvgIpc) is 0.745. The fraction of sp³-hybridized carbons (Fsp3) is 0.0625. The molecule has 0 atom stereocenters. The van der Waals surface area contributed by atoms with E-state index < -0.39 is 0 Å². The van der Waals surface area contributed by atoms with Crippen molar-refractivity contribution in [1.29, 1.82) is 0 Å². The van der Waals surface area contributed by atoms with Gasteiger partial charge in [-0.05, 0) is 180 Å². The maximum absolute atomic E-state index is 7.90. The second-order valence-corrected chi connectivity index (χ2v) is 29.0. The first kappa shape index (κ1) is 60.0. The summed E-state index contributed by atoms with van der Waals surface area (Å²) in [6.07, 6.45) is 0. The Labute approximate surface area is 605 Å². The van der Waals surface area contributed by atoms with Gasteiger partial charge in [0.05, 0.1) is 22.4 Å². The van der Waals surface area contributed by atoms with Gasteiger partial charge in [0.2, 0.25) is 0 Å². The lowest BCUT2D eigenvalue weighted by Crippen LogP contribution is -2.64. The van der Waals surface area contributed by atoms with Crippen molar-refractivity contribution in [3.05, 3.63) is 339 Å². The second kappa shape index (κ2) is 23.4. The van der Waals surface area contributed by atoms with Crippen molar-refractivity contribution in [3.8, 4) is 61.7 Å². The summed E-state index contributed by atoms with van der Waals surface area (Å²) in [6.45, 7) is 8.80. The molecule has 21 rings (SSSR count). The van der Waals surface area contributed by atoms with Crippen LogP contribution in [0.15, 0.2) is 332 Å². The molecule has 0 saturated heterocycles. The second-order valence-electron chi connectivity index (χ2n) is 29.0. The number of benzene rings is 15. The third-order valence-electron chi connectivity index (χ3n) is 22.5. The van der Waals surface area contributed by atoms with Gasteiger partial charge in [-0.3, -0.25) is 0 Å². The Morgan fingerprint density at radius 2 is 0.788 bits per heavy atom. The number of rotatable bonds is 10. The molecular formula is C96H68B2N4O2. The SMILES string of the molecule is CC(C)c1cc2c3c(c1)N(c1cccc4c1oc1ccccc14)c1ccccc1B3c1cc3c(cc1O2)N(c1c(-c2cccc(-c4ccccc4)c2)cccc1-c1cccc(-c2ccccc2)c1)c1cc(C(C)C)cc2c1B3c1ccc(-n3c4ccccc4c4ccccc43)cc1N2c1ccccc1. The predicted molar refractivity (Wildman–Crippen MR) is 438 cm³/mol. The number of anilines is 9. The molecule has 0 radical (unpaired) electrons. The molecule has 4 aliphatic rings. The molecule has 0 amide bonds. The van der Waals surface area contributed by atoms with E-state index in [9.17, 15) is 0 Å². The molecule has 0 fully saturated rings. The zero-order chi connectivity index (χ0) is 69.0. The van der Waals surface area contributed by atoms with Crippen molar-refractivity contribution < 1.29 is 9.15 Å². The third kappa shape index (κ3) is 9.10. The quantitative estimate of drug-likeness (QED) is 0.128. The lowest BCUT2D eigenvalue weighted by molar-refractivity contribution is 0.486. The Kier molecular flexibility index (Phi) is 13.5. The first-order valence-corrected chi connectivity index (χ1v) is 36.5. The molecule has 0 spiro atoms. The minimum absolute atomic E-state index is 0.151. The van der Waals surface area contributed by atoms with Crippen LogP contribution in [-0.2, 0) is 0 Å². The van der Waals surface area contributed by atoms with E-state index >= 15 is 0 Å². The molecular weight excluding hydrogens is 1260 g/mol. The van der Waals surface area contributed by atoms with Crippen LogP contribution in [0.1, 0.15) is 50.7 Å². The molecule has 490 valence electrons.